The Hall–Kier alpha value is -3.99. The zero-order valence-electron chi connectivity index (χ0n) is 32.0. The fourth-order valence-corrected chi connectivity index (χ4v) is 9.67. The van der Waals surface area contributed by atoms with Crippen molar-refractivity contribution in [2.24, 2.45) is 28.8 Å². The van der Waals surface area contributed by atoms with Crippen molar-refractivity contribution in [1.82, 2.24) is 4.90 Å². The zero-order chi connectivity index (χ0) is 38.1. The lowest BCUT2D eigenvalue weighted by Gasteiger charge is -2.59. The van der Waals surface area contributed by atoms with E-state index in [1.54, 1.807) is 31.4 Å². The summed E-state index contributed by atoms with van der Waals surface area (Å²) in [7, 11) is 3.43. The van der Waals surface area contributed by atoms with Crippen molar-refractivity contribution in [2.75, 3.05) is 34.0 Å². The molecule has 2 aromatic carbocycles. The molecule has 54 heavy (non-hydrogen) atoms. The van der Waals surface area contributed by atoms with Gasteiger partial charge in [-0.1, -0.05) is 68.0 Å². The van der Waals surface area contributed by atoms with E-state index in [1.165, 1.54) is 25.7 Å². The topological polar surface area (TPSA) is 127 Å². The third-order valence-electron chi connectivity index (χ3n) is 12.2. The Labute approximate surface area is 320 Å². The third kappa shape index (κ3) is 8.46. The van der Waals surface area contributed by atoms with Gasteiger partial charge >= 0.3 is 0 Å². The highest BCUT2D eigenvalue weighted by atomic mass is 16.7. The number of oxime groups is 1. The van der Waals surface area contributed by atoms with Gasteiger partial charge in [0.1, 0.15) is 36.7 Å². The van der Waals surface area contributed by atoms with Crippen LogP contribution in [-0.4, -0.2) is 78.8 Å². The predicted octanol–water partition coefficient (Wildman–Crippen LogP) is 7.98. The number of rotatable bonds is 19. The molecule has 0 aromatic heterocycles. The molecule has 0 spiro atoms. The molecule has 6 rings (SSSR count). The number of likely N-dealkylation sites (N-methyl/N-ethyl adjacent to an activating group) is 1. The first kappa shape index (κ1) is 39.7. The fraction of sp³-hybridized carbons (Fsp3) is 0.568. The second-order valence-electron chi connectivity index (χ2n) is 15.4. The monoisotopic (exact) mass is 742 g/mol. The summed E-state index contributed by atoms with van der Waals surface area (Å²) in [5.74, 6) is 0.926. The van der Waals surface area contributed by atoms with Crippen LogP contribution in [0.4, 0.5) is 0 Å². The van der Waals surface area contributed by atoms with Crippen LogP contribution < -0.4 is 9.47 Å². The smallest absolute Gasteiger partial charge is 0.239 e. The number of hydrogen-bond donors (Lipinski definition) is 2. The number of ether oxygens (including phenoxy) is 3. The van der Waals surface area contributed by atoms with Crippen molar-refractivity contribution in [3.63, 3.8) is 0 Å². The Morgan fingerprint density at radius 3 is 2.52 bits per heavy atom. The van der Waals surface area contributed by atoms with Crippen LogP contribution >= 0.6 is 0 Å². The van der Waals surface area contributed by atoms with Gasteiger partial charge in [-0.05, 0) is 85.8 Å². The molecule has 1 heterocycles. The minimum Gasteiger partial charge on any atom is -0.459 e. The molecule has 0 saturated heterocycles. The molecule has 2 N–H and O–H groups in total. The van der Waals surface area contributed by atoms with Crippen molar-refractivity contribution in [3.8, 4) is 17.2 Å². The van der Waals surface area contributed by atoms with E-state index in [9.17, 15) is 19.8 Å². The molecular formula is C44H58N2O8. The molecule has 10 heteroatoms. The summed E-state index contributed by atoms with van der Waals surface area (Å²) in [6.45, 7) is 4.46. The van der Waals surface area contributed by atoms with Crippen molar-refractivity contribution in [3.05, 3.63) is 77.9 Å². The molecule has 4 aliphatic rings. The average Bonchev–Trinajstić information content (AvgIpc) is 3.72. The summed E-state index contributed by atoms with van der Waals surface area (Å²) in [6.07, 6.45) is 16.2. The number of unbranched alkanes of at least 4 members (excludes halogenated alkanes) is 2. The lowest BCUT2D eigenvalue weighted by atomic mass is 9.55. The van der Waals surface area contributed by atoms with Crippen molar-refractivity contribution in [1.29, 1.82) is 0 Å². The number of benzene rings is 2. The Morgan fingerprint density at radius 2 is 1.80 bits per heavy atom. The Kier molecular flexibility index (Phi) is 13.6. The SMILES string of the molecule is C=CCOC12Oc3ccc(Oc4cccc(C=O)c4)cc3C3C(CCCCO)C(CCCCO)C=C(C(=NOC)CC1N(C)C(=O)CCC1CCCC1)C32. The van der Waals surface area contributed by atoms with Gasteiger partial charge in [0.15, 0.2) is 0 Å². The number of aldehydes is 1. The van der Waals surface area contributed by atoms with Gasteiger partial charge in [0.25, 0.3) is 0 Å². The Morgan fingerprint density at radius 1 is 1.04 bits per heavy atom. The molecule has 3 aliphatic carbocycles. The fourth-order valence-electron chi connectivity index (χ4n) is 9.67. The van der Waals surface area contributed by atoms with Crippen LogP contribution in [0.5, 0.6) is 17.2 Å². The number of fused-ring (bicyclic) bond motifs is 2. The van der Waals surface area contributed by atoms with Crippen LogP contribution in [0.1, 0.15) is 105 Å². The van der Waals surface area contributed by atoms with Crippen LogP contribution in [0.3, 0.4) is 0 Å². The summed E-state index contributed by atoms with van der Waals surface area (Å²) in [4.78, 5) is 33.1. The maximum atomic E-state index is 14.2. The lowest BCUT2D eigenvalue weighted by Crippen LogP contribution is -2.69. The Balaban J connectivity index is 1.50. The second kappa shape index (κ2) is 18.6. The van der Waals surface area contributed by atoms with Crippen molar-refractivity contribution in [2.45, 2.75) is 101 Å². The molecule has 6 unspecified atom stereocenters. The zero-order valence-corrected chi connectivity index (χ0v) is 32.0. The number of carbonyl (C=O) groups excluding carboxylic acids is 2. The van der Waals surface area contributed by atoms with Crippen molar-refractivity contribution < 1.29 is 38.9 Å². The summed E-state index contributed by atoms with van der Waals surface area (Å²) < 4.78 is 20.6. The van der Waals surface area contributed by atoms with E-state index in [0.717, 1.165) is 55.2 Å². The molecule has 0 bridgehead atoms. The maximum absolute atomic E-state index is 14.2. The minimum absolute atomic E-state index is 0.0575. The number of hydrogen-bond acceptors (Lipinski definition) is 9. The highest BCUT2D eigenvalue weighted by molar-refractivity contribution is 6.03. The summed E-state index contributed by atoms with van der Waals surface area (Å²) in [5.41, 5.74) is 3.27. The van der Waals surface area contributed by atoms with E-state index < -0.39 is 11.8 Å². The molecule has 1 amide bonds. The van der Waals surface area contributed by atoms with E-state index in [1.807, 2.05) is 36.2 Å². The number of amides is 1. The van der Waals surface area contributed by atoms with Gasteiger partial charge in [0, 0.05) is 50.1 Å². The quantitative estimate of drug-likeness (QED) is 0.0642. The normalized spacial score (nSPS) is 26.6. The molecule has 1 aliphatic heterocycles. The minimum atomic E-state index is -1.27. The highest BCUT2D eigenvalue weighted by Crippen LogP contribution is 2.62. The van der Waals surface area contributed by atoms with E-state index in [0.29, 0.717) is 54.4 Å². The van der Waals surface area contributed by atoms with Gasteiger partial charge in [0.05, 0.1) is 18.2 Å². The molecule has 10 nitrogen and oxygen atoms in total. The molecule has 2 aromatic rings. The van der Waals surface area contributed by atoms with E-state index in [4.69, 9.17) is 19.0 Å². The Bertz CT molecular complexity index is 1670. The summed E-state index contributed by atoms with van der Waals surface area (Å²) in [6, 6.07) is 12.4. The lowest BCUT2D eigenvalue weighted by molar-refractivity contribution is -0.255. The third-order valence-corrected chi connectivity index (χ3v) is 12.2. The first-order valence-electron chi connectivity index (χ1n) is 20.0. The predicted molar refractivity (Wildman–Crippen MR) is 208 cm³/mol. The summed E-state index contributed by atoms with van der Waals surface area (Å²) in [5, 5.41) is 24.3. The van der Waals surface area contributed by atoms with Crippen LogP contribution in [0.15, 0.2) is 71.9 Å². The molecular weight excluding hydrogens is 684 g/mol. The second-order valence-corrected chi connectivity index (χ2v) is 15.4. The van der Waals surface area contributed by atoms with Crippen LogP contribution in [0.2, 0.25) is 0 Å². The van der Waals surface area contributed by atoms with Gasteiger partial charge in [0.2, 0.25) is 11.7 Å². The highest BCUT2D eigenvalue weighted by Gasteiger charge is 2.65. The maximum Gasteiger partial charge on any atom is 0.239 e. The molecule has 2 saturated carbocycles. The van der Waals surface area contributed by atoms with Crippen molar-refractivity contribution >= 4 is 17.9 Å². The van der Waals surface area contributed by atoms with E-state index in [-0.39, 0.29) is 49.4 Å². The van der Waals surface area contributed by atoms with Gasteiger partial charge in [-0.2, -0.15) is 0 Å². The average molecular weight is 743 g/mol. The molecule has 2 fully saturated rings. The van der Waals surface area contributed by atoms with Crippen LogP contribution in [-0.2, 0) is 14.4 Å². The van der Waals surface area contributed by atoms with Gasteiger partial charge < -0.3 is 34.2 Å². The number of aliphatic hydroxyl groups excluding tert-OH is 2. The van der Waals surface area contributed by atoms with Gasteiger partial charge in [-0.3, -0.25) is 9.59 Å². The standard InChI is InChI=1S/C44H58N2O8/c1-4-24-52-44-40(46(2)41(50)21-18-30-12-5-6-13-30)28-38(45-51-3)36-26-32(15-7-9-22-47)35(17-8-10-23-48)42(43(36)44)37-27-34(19-20-39(37)54-44)53-33-16-11-14-31(25-33)29-49/h4,11,14,16,19-20,25-27,29-30,32,35,40,42-43,47-48H,1,5-10,12-13,15,17-18,21-24,28H2,2-3H3. The number of aliphatic hydroxyl groups is 2. The molecule has 6 atom stereocenters. The number of allylic oxidation sites excluding steroid dienone is 1. The van der Waals surface area contributed by atoms with Crippen LogP contribution in [0.25, 0.3) is 0 Å². The molecule has 292 valence electrons. The number of nitrogens with zero attached hydrogens (tertiary/aromatic N) is 2. The first-order chi connectivity index (χ1) is 26.4. The first-order valence-corrected chi connectivity index (χ1v) is 20.0. The number of carbonyl (C=O) groups is 2. The molecule has 0 radical (unpaired) electrons. The summed E-state index contributed by atoms with van der Waals surface area (Å²) >= 11 is 0. The van der Waals surface area contributed by atoms with E-state index in [2.05, 4.69) is 17.8 Å². The largest absolute Gasteiger partial charge is 0.459 e. The van der Waals surface area contributed by atoms with Gasteiger partial charge in [-0.15, -0.1) is 6.58 Å². The van der Waals surface area contributed by atoms with E-state index >= 15 is 0 Å². The van der Waals surface area contributed by atoms with Gasteiger partial charge in [-0.25, -0.2) is 0 Å². The van der Waals surface area contributed by atoms with Crippen LogP contribution in [0, 0.1) is 23.7 Å².